The minimum Gasteiger partial charge on any atom is -0.394 e. The van der Waals surface area contributed by atoms with Gasteiger partial charge < -0.3 is 20.0 Å². The zero-order valence-electron chi connectivity index (χ0n) is 21.3. The maximum Gasteiger partial charge on any atom is 0.264 e. The second kappa shape index (κ2) is 11.0. The largest absolute Gasteiger partial charge is 0.394 e. The minimum absolute atomic E-state index is 0.0903. The molecule has 0 bridgehead atoms. The van der Waals surface area contributed by atoms with Crippen LogP contribution in [0.15, 0.2) is 84.9 Å². The summed E-state index contributed by atoms with van der Waals surface area (Å²) in [5, 5.41) is 21.7. The van der Waals surface area contributed by atoms with E-state index in [0.717, 1.165) is 20.3 Å². The van der Waals surface area contributed by atoms with Crippen molar-refractivity contribution >= 4 is 40.1 Å². The zero-order chi connectivity index (χ0) is 26.9. The number of fused-ring (bicyclic) bond motifs is 2. The molecule has 0 saturated carbocycles. The lowest BCUT2D eigenvalue weighted by Crippen LogP contribution is -2.46. The second-order valence-corrected chi connectivity index (χ2v) is 11.3. The number of hydrogen-bond donors (Lipinski definition) is 2. The summed E-state index contributed by atoms with van der Waals surface area (Å²) in [7, 11) is 0. The normalized spacial score (nSPS) is 21.5. The Hall–Kier alpha value is -3.01. The topological polar surface area (TPSA) is 81.1 Å². The summed E-state index contributed by atoms with van der Waals surface area (Å²) in [5.41, 5.74) is 2.79. The Morgan fingerprint density at radius 3 is 2.50 bits per heavy atom. The molecule has 2 N–H and O–H groups in total. The van der Waals surface area contributed by atoms with Crippen LogP contribution in [0.5, 0.6) is 0 Å². The van der Waals surface area contributed by atoms with Crippen LogP contribution in [0.4, 0.5) is 5.69 Å². The fourth-order valence-electron chi connectivity index (χ4n) is 5.50. The average molecular weight is 623 g/mol. The number of anilines is 1. The highest BCUT2D eigenvalue weighted by Crippen LogP contribution is 2.45. The van der Waals surface area contributed by atoms with Crippen LogP contribution in [0.25, 0.3) is 0 Å². The van der Waals surface area contributed by atoms with Crippen LogP contribution in [-0.2, 0) is 34.7 Å². The Morgan fingerprint density at radius 2 is 1.76 bits per heavy atom. The predicted octanol–water partition coefficient (Wildman–Crippen LogP) is 4.55. The predicted molar refractivity (Wildman–Crippen MR) is 155 cm³/mol. The first-order valence-electron chi connectivity index (χ1n) is 12.8. The van der Waals surface area contributed by atoms with E-state index in [9.17, 15) is 19.8 Å². The lowest BCUT2D eigenvalue weighted by Gasteiger charge is -2.36. The summed E-state index contributed by atoms with van der Waals surface area (Å²) in [6.45, 7) is 2.54. The number of amides is 2. The second-order valence-electron chi connectivity index (χ2n) is 10.1. The number of halogens is 1. The average Bonchev–Trinajstić information content (AvgIpc) is 3.16. The summed E-state index contributed by atoms with van der Waals surface area (Å²) in [5.74, 6) is -1.01. The fourth-order valence-corrected chi connectivity index (χ4v) is 5.86. The molecule has 6 nitrogen and oxygen atoms in total. The smallest absolute Gasteiger partial charge is 0.264 e. The molecule has 5 rings (SSSR count). The third kappa shape index (κ3) is 4.90. The lowest BCUT2D eigenvalue weighted by atomic mass is 9.83. The van der Waals surface area contributed by atoms with Crippen molar-refractivity contribution in [3.63, 3.8) is 0 Å². The van der Waals surface area contributed by atoms with E-state index in [0.29, 0.717) is 30.8 Å². The van der Waals surface area contributed by atoms with E-state index in [-0.39, 0.29) is 30.9 Å². The molecule has 2 heterocycles. The highest BCUT2D eigenvalue weighted by Gasteiger charge is 2.52. The Kier molecular flexibility index (Phi) is 7.70. The minimum atomic E-state index is -1.73. The molecule has 0 fully saturated rings. The van der Waals surface area contributed by atoms with Gasteiger partial charge in [-0.2, -0.15) is 0 Å². The van der Waals surface area contributed by atoms with Crippen molar-refractivity contribution in [2.45, 2.75) is 44.5 Å². The van der Waals surface area contributed by atoms with Gasteiger partial charge in [0.2, 0.25) is 5.91 Å². The quantitative estimate of drug-likeness (QED) is 0.300. The molecule has 7 heteroatoms. The lowest BCUT2D eigenvalue weighted by molar-refractivity contribution is -0.139. The van der Waals surface area contributed by atoms with E-state index < -0.39 is 11.5 Å². The molecule has 2 aliphatic heterocycles. The van der Waals surface area contributed by atoms with E-state index in [4.69, 9.17) is 0 Å². The van der Waals surface area contributed by atoms with Crippen LogP contribution in [0.1, 0.15) is 35.6 Å². The van der Waals surface area contributed by atoms with Gasteiger partial charge in [0.1, 0.15) is 0 Å². The van der Waals surface area contributed by atoms with Crippen molar-refractivity contribution in [3.05, 3.63) is 111 Å². The van der Waals surface area contributed by atoms with E-state index in [1.165, 1.54) is 0 Å². The molecule has 196 valence electrons. The maximum atomic E-state index is 13.7. The van der Waals surface area contributed by atoms with Crippen LogP contribution < -0.4 is 4.90 Å². The number of nitrogens with zero attached hydrogens (tertiary/aromatic N) is 2. The highest BCUT2D eigenvalue weighted by molar-refractivity contribution is 14.1. The molecule has 0 radical (unpaired) electrons. The molecule has 2 aliphatic rings. The van der Waals surface area contributed by atoms with Crippen LogP contribution >= 0.6 is 22.6 Å². The van der Waals surface area contributed by atoms with E-state index in [2.05, 4.69) is 22.6 Å². The standard InChI is InChI=1S/C31H31IN2O4/c1-21(7-6-12-29(36)33-19-24-9-3-2-8-23(24)17-26(33)20-35)31(38)27-10-4-5-11-28(27)34(30(31)37)18-22-13-15-25(32)16-14-22/h2-11,13-16,21,26,35,38H,12,17-20H2,1H3/b7-6+/t21-,26-,31+/m0/s1. The number of aliphatic hydroxyl groups excluding tert-OH is 1. The van der Waals surface area contributed by atoms with Gasteiger partial charge in [0.15, 0.2) is 5.60 Å². The number of aliphatic hydroxyl groups is 2. The van der Waals surface area contributed by atoms with Crippen molar-refractivity contribution in [1.82, 2.24) is 4.90 Å². The van der Waals surface area contributed by atoms with E-state index in [1.807, 2.05) is 66.7 Å². The van der Waals surface area contributed by atoms with Crippen molar-refractivity contribution in [1.29, 1.82) is 0 Å². The molecule has 0 saturated heterocycles. The molecular formula is C31H31IN2O4. The zero-order valence-corrected chi connectivity index (χ0v) is 23.4. The first-order chi connectivity index (χ1) is 18.3. The molecule has 3 aromatic rings. The first-order valence-corrected chi connectivity index (χ1v) is 13.9. The molecule has 0 aromatic heterocycles. The number of para-hydroxylation sites is 1. The van der Waals surface area contributed by atoms with E-state index >= 15 is 0 Å². The van der Waals surface area contributed by atoms with Gasteiger partial charge in [0, 0.05) is 28.0 Å². The number of hydrogen-bond acceptors (Lipinski definition) is 4. The van der Waals surface area contributed by atoms with Crippen LogP contribution in [0.3, 0.4) is 0 Å². The summed E-state index contributed by atoms with van der Waals surface area (Å²) in [6.07, 6.45) is 4.24. The van der Waals surface area contributed by atoms with Crippen LogP contribution in [0, 0.1) is 9.49 Å². The maximum absolute atomic E-state index is 13.7. The molecule has 0 spiro atoms. The SMILES string of the molecule is C[C@@H](/C=C/CC(=O)N1Cc2ccccc2C[C@H]1CO)[C@]1(O)C(=O)N(Cc2ccc(I)cc2)c2ccccc21. The van der Waals surface area contributed by atoms with Gasteiger partial charge in [-0.15, -0.1) is 0 Å². The number of carbonyl (C=O) groups is 2. The molecule has 0 aliphatic carbocycles. The monoisotopic (exact) mass is 622 g/mol. The third-order valence-corrected chi connectivity index (χ3v) is 8.41. The van der Waals surface area contributed by atoms with Gasteiger partial charge >= 0.3 is 0 Å². The van der Waals surface area contributed by atoms with E-state index in [1.54, 1.807) is 34.9 Å². The van der Waals surface area contributed by atoms with Crippen LogP contribution in [-0.4, -0.2) is 39.6 Å². The summed E-state index contributed by atoms with van der Waals surface area (Å²) < 4.78 is 1.11. The van der Waals surface area contributed by atoms with Gasteiger partial charge in [-0.3, -0.25) is 9.59 Å². The van der Waals surface area contributed by atoms with Crippen molar-refractivity contribution in [3.8, 4) is 0 Å². The van der Waals surface area contributed by atoms with Crippen molar-refractivity contribution in [2.24, 2.45) is 5.92 Å². The van der Waals surface area contributed by atoms with Gasteiger partial charge in [-0.25, -0.2) is 0 Å². The Bertz CT molecular complexity index is 1370. The summed E-state index contributed by atoms with van der Waals surface area (Å²) in [4.78, 5) is 30.2. The Morgan fingerprint density at radius 1 is 1.08 bits per heavy atom. The van der Waals surface area contributed by atoms with Crippen LogP contribution in [0.2, 0.25) is 0 Å². The number of carbonyl (C=O) groups excluding carboxylic acids is 2. The molecular weight excluding hydrogens is 591 g/mol. The molecule has 38 heavy (non-hydrogen) atoms. The summed E-state index contributed by atoms with van der Waals surface area (Å²) >= 11 is 2.25. The Balaban J connectivity index is 1.32. The number of rotatable bonds is 7. The van der Waals surface area contributed by atoms with Crippen molar-refractivity contribution in [2.75, 3.05) is 11.5 Å². The third-order valence-electron chi connectivity index (χ3n) is 7.69. The van der Waals surface area contributed by atoms with Gasteiger partial charge in [-0.05, 0) is 63.9 Å². The molecule has 3 atom stereocenters. The highest BCUT2D eigenvalue weighted by atomic mass is 127. The molecule has 2 amide bonds. The van der Waals surface area contributed by atoms with Gasteiger partial charge in [-0.1, -0.05) is 73.7 Å². The Labute approximate surface area is 236 Å². The molecule has 3 aromatic carbocycles. The molecule has 0 unspecified atom stereocenters. The number of benzene rings is 3. The van der Waals surface area contributed by atoms with Gasteiger partial charge in [0.25, 0.3) is 5.91 Å². The van der Waals surface area contributed by atoms with Crippen molar-refractivity contribution < 1.29 is 19.8 Å². The summed E-state index contributed by atoms with van der Waals surface area (Å²) in [6, 6.07) is 23.1. The fraction of sp³-hybridized carbons (Fsp3) is 0.290. The first kappa shape index (κ1) is 26.6. The van der Waals surface area contributed by atoms with Gasteiger partial charge in [0.05, 0.1) is 24.9 Å².